The highest BCUT2D eigenvalue weighted by atomic mass is 15.3. The number of anilines is 1. The van der Waals surface area contributed by atoms with E-state index in [0.29, 0.717) is 12.5 Å². The van der Waals surface area contributed by atoms with Crippen LogP contribution in [0.1, 0.15) is 18.3 Å². The lowest BCUT2D eigenvalue weighted by molar-refractivity contribution is 0.983. The van der Waals surface area contributed by atoms with Gasteiger partial charge in [-0.25, -0.2) is 5.84 Å². The first-order valence-corrected chi connectivity index (χ1v) is 4.89. The molecule has 82 valence electrons. The number of rotatable bonds is 2. The van der Waals surface area contributed by atoms with Crippen molar-refractivity contribution >= 4 is 11.6 Å². The van der Waals surface area contributed by atoms with Crippen LogP contribution in [-0.2, 0) is 0 Å². The Kier molecular flexibility index (Phi) is 4.05. The molecule has 5 heteroatoms. The SMILES string of the molecule is CCN=C(NN)Nc1ccc(C)nc1C. The number of hydrogen-bond donors (Lipinski definition) is 3. The van der Waals surface area contributed by atoms with E-state index in [1.165, 1.54) is 0 Å². The number of hydrogen-bond acceptors (Lipinski definition) is 3. The molecule has 1 aromatic heterocycles. The van der Waals surface area contributed by atoms with Gasteiger partial charge in [-0.3, -0.25) is 15.4 Å². The van der Waals surface area contributed by atoms with Gasteiger partial charge in [0, 0.05) is 12.2 Å². The lowest BCUT2D eigenvalue weighted by Crippen LogP contribution is -2.36. The van der Waals surface area contributed by atoms with E-state index in [2.05, 4.69) is 20.7 Å². The zero-order valence-electron chi connectivity index (χ0n) is 9.33. The van der Waals surface area contributed by atoms with Gasteiger partial charge in [0.25, 0.3) is 0 Å². The standard InChI is InChI=1S/C10H17N5/c1-4-12-10(15-11)14-9-6-5-7(2)13-8(9)3/h5-6H,4,11H2,1-3H3,(H2,12,14,15). The summed E-state index contributed by atoms with van der Waals surface area (Å²) in [4.78, 5) is 8.48. The monoisotopic (exact) mass is 207 g/mol. The Morgan fingerprint density at radius 2 is 2.20 bits per heavy atom. The summed E-state index contributed by atoms with van der Waals surface area (Å²) in [5.41, 5.74) is 5.33. The van der Waals surface area contributed by atoms with Gasteiger partial charge in [0.1, 0.15) is 0 Å². The maximum absolute atomic E-state index is 5.32. The van der Waals surface area contributed by atoms with E-state index in [0.717, 1.165) is 17.1 Å². The fourth-order valence-electron chi connectivity index (χ4n) is 1.23. The lowest BCUT2D eigenvalue weighted by Gasteiger charge is -2.10. The van der Waals surface area contributed by atoms with Gasteiger partial charge in [0.2, 0.25) is 5.96 Å². The normalized spacial score (nSPS) is 11.3. The highest BCUT2D eigenvalue weighted by Gasteiger charge is 2.01. The predicted octanol–water partition coefficient (Wildman–Crippen LogP) is 0.950. The summed E-state index contributed by atoms with van der Waals surface area (Å²) >= 11 is 0. The molecule has 0 fully saturated rings. The largest absolute Gasteiger partial charge is 0.324 e. The van der Waals surface area contributed by atoms with E-state index in [4.69, 9.17) is 5.84 Å². The second kappa shape index (κ2) is 5.31. The minimum absolute atomic E-state index is 0.547. The van der Waals surface area contributed by atoms with Gasteiger partial charge in [0.15, 0.2) is 0 Å². The molecular weight excluding hydrogens is 190 g/mol. The van der Waals surface area contributed by atoms with Crippen molar-refractivity contribution in [2.75, 3.05) is 11.9 Å². The molecule has 4 N–H and O–H groups in total. The fraction of sp³-hybridized carbons (Fsp3) is 0.400. The number of nitrogens with one attached hydrogen (secondary N) is 2. The Bertz CT molecular complexity index is 359. The van der Waals surface area contributed by atoms with Crippen molar-refractivity contribution in [2.24, 2.45) is 10.8 Å². The summed E-state index contributed by atoms with van der Waals surface area (Å²) in [5, 5.41) is 3.08. The lowest BCUT2D eigenvalue weighted by atomic mass is 10.3. The average molecular weight is 207 g/mol. The number of hydrazine groups is 1. The summed E-state index contributed by atoms with van der Waals surface area (Å²) in [7, 11) is 0. The minimum Gasteiger partial charge on any atom is -0.324 e. The number of pyridine rings is 1. The third-order valence-corrected chi connectivity index (χ3v) is 1.93. The topological polar surface area (TPSA) is 75.3 Å². The van der Waals surface area contributed by atoms with Gasteiger partial charge in [-0.15, -0.1) is 0 Å². The zero-order chi connectivity index (χ0) is 11.3. The first-order valence-electron chi connectivity index (χ1n) is 4.89. The first-order chi connectivity index (χ1) is 7.17. The van der Waals surface area contributed by atoms with E-state index < -0.39 is 0 Å². The molecule has 0 saturated carbocycles. The van der Waals surface area contributed by atoms with Crippen LogP contribution in [0.2, 0.25) is 0 Å². The van der Waals surface area contributed by atoms with Crippen LogP contribution >= 0.6 is 0 Å². The quantitative estimate of drug-likeness (QED) is 0.292. The highest BCUT2D eigenvalue weighted by Crippen LogP contribution is 2.11. The average Bonchev–Trinajstić information content (AvgIpc) is 2.21. The molecule has 1 aromatic rings. The third kappa shape index (κ3) is 3.21. The van der Waals surface area contributed by atoms with E-state index >= 15 is 0 Å². The van der Waals surface area contributed by atoms with Crippen molar-refractivity contribution in [2.45, 2.75) is 20.8 Å². The molecule has 1 rings (SSSR count). The molecular formula is C10H17N5. The first kappa shape index (κ1) is 11.5. The number of nitrogens with two attached hydrogens (primary N) is 1. The van der Waals surface area contributed by atoms with Gasteiger partial charge in [-0.05, 0) is 32.9 Å². The minimum atomic E-state index is 0.547. The molecule has 1 heterocycles. The molecule has 0 aliphatic carbocycles. The second-order valence-electron chi connectivity index (χ2n) is 3.18. The van der Waals surface area contributed by atoms with Gasteiger partial charge in [-0.2, -0.15) is 0 Å². The van der Waals surface area contributed by atoms with Crippen molar-refractivity contribution < 1.29 is 0 Å². The predicted molar refractivity (Wildman–Crippen MR) is 62.6 cm³/mol. The van der Waals surface area contributed by atoms with Crippen molar-refractivity contribution in [3.63, 3.8) is 0 Å². The molecule has 5 nitrogen and oxygen atoms in total. The van der Waals surface area contributed by atoms with Crippen LogP contribution < -0.4 is 16.6 Å². The second-order valence-corrected chi connectivity index (χ2v) is 3.18. The van der Waals surface area contributed by atoms with Crippen LogP contribution in [-0.4, -0.2) is 17.5 Å². The summed E-state index contributed by atoms with van der Waals surface area (Å²) < 4.78 is 0. The molecule has 0 bridgehead atoms. The molecule has 0 atom stereocenters. The Morgan fingerprint density at radius 1 is 1.47 bits per heavy atom. The molecule has 0 radical (unpaired) electrons. The molecule has 0 aliphatic rings. The van der Waals surface area contributed by atoms with Crippen molar-refractivity contribution in [1.29, 1.82) is 0 Å². The van der Waals surface area contributed by atoms with Crippen molar-refractivity contribution in [1.82, 2.24) is 10.4 Å². The maximum atomic E-state index is 5.32. The number of aliphatic imine (C=N–C) groups is 1. The van der Waals surface area contributed by atoms with E-state index in [-0.39, 0.29) is 0 Å². The number of guanidine groups is 1. The number of aryl methyl sites for hydroxylation is 2. The van der Waals surface area contributed by atoms with Crippen LogP contribution in [0, 0.1) is 13.8 Å². The Hall–Kier alpha value is -1.62. The van der Waals surface area contributed by atoms with Crippen LogP contribution in [0.5, 0.6) is 0 Å². The Labute approximate surface area is 89.8 Å². The highest BCUT2D eigenvalue weighted by molar-refractivity contribution is 5.93. The zero-order valence-corrected chi connectivity index (χ0v) is 9.33. The Morgan fingerprint density at radius 3 is 2.73 bits per heavy atom. The molecule has 15 heavy (non-hydrogen) atoms. The van der Waals surface area contributed by atoms with Crippen LogP contribution in [0.25, 0.3) is 0 Å². The molecule has 0 aliphatic heterocycles. The third-order valence-electron chi connectivity index (χ3n) is 1.93. The van der Waals surface area contributed by atoms with Gasteiger partial charge in [-0.1, -0.05) is 0 Å². The van der Waals surface area contributed by atoms with Crippen molar-refractivity contribution in [3.8, 4) is 0 Å². The number of nitrogens with zero attached hydrogens (tertiary/aromatic N) is 2. The van der Waals surface area contributed by atoms with E-state index in [1.807, 2.05) is 32.9 Å². The van der Waals surface area contributed by atoms with E-state index in [9.17, 15) is 0 Å². The molecule has 0 aromatic carbocycles. The molecule has 0 saturated heterocycles. The van der Waals surface area contributed by atoms with Gasteiger partial charge >= 0.3 is 0 Å². The Balaban J connectivity index is 2.84. The summed E-state index contributed by atoms with van der Waals surface area (Å²) in [6, 6.07) is 3.90. The summed E-state index contributed by atoms with van der Waals surface area (Å²) in [6.45, 7) is 6.51. The summed E-state index contributed by atoms with van der Waals surface area (Å²) in [6.07, 6.45) is 0. The van der Waals surface area contributed by atoms with Crippen LogP contribution in [0.15, 0.2) is 17.1 Å². The van der Waals surface area contributed by atoms with E-state index in [1.54, 1.807) is 0 Å². The fourth-order valence-corrected chi connectivity index (χ4v) is 1.23. The van der Waals surface area contributed by atoms with Crippen LogP contribution in [0.4, 0.5) is 5.69 Å². The molecule has 0 spiro atoms. The van der Waals surface area contributed by atoms with Gasteiger partial charge < -0.3 is 5.32 Å². The van der Waals surface area contributed by atoms with Crippen molar-refractivity contribution in [3.05, 3.63) is 23.5 Å². The maximum Gasteiger partial charge on any atom is 0.210 e. The number of aromatic nitrogens is 1. The van der Waals surface area contributed by atoms with Gasteiger partial charge in [0.05, 0.1) is 11.4 Å². The van der Waals surface area contributed by atoms with Crippen LogP contribution in [0.3, 0.4) is 0 Å². The molecule has 0 unspecified atom stereocenters. The smallest absolute Gasteiger partial charge is 0.210 e. The summed E-state index contributed by atoms with van der Waals surface area (Å²) in [5.74, 6) is 5.87. The molecule has 0 amide bonds.